The van der Waals surface area contributed by atoms with Crippen molar-refractivity contribution in [2.45, 2.75) is 13.1 Å². The van der Waals surface area contributed by atoms with Crippen molar-refractivity contribution in [3.63, 3.8) is 0 Å². The van der Waals surface area contributed by atoms with Crippen molar-refractivity contribution in [1.82, 2.24) is 19.4 Å². The van der Waals surface area contributed by atoms with Crippen LogP contribution in [0.5, 0.6) is 5.75 Å². The van der Waals surface area contributed by atoms with Gasteiger partial charge in [-0.05, 0) is 56.6 Å². The van der Waals surface area contributed by atoms with E-state index in [1.165, 1.54) is 10.6 Å². The predicted molar refractivity (Wildman–Crippen MR) is 127 cm³/mol. The molecule has 0 unspecified atom stereocenters. The van der Waals surface area contributed by atoms with Crippen molar-refractivity contribution in [2.24, 2.45) is 0 Å². The van der Waals surface area contributed by atoms with Crippen LogP contribution in [-0.4, -0.2) is 50.4 Å². The number of carbonyl (C=O) groups excluding carboxylic acids is 2. The van der Waals surface area contributed by atoms with Crippen LogP contribution in [-0.2, 0) is 13.1 Å². The number of para-hydroxylation sites is 1. The number of carbonyl (C=O) groups is 2. The minimum atomic E-state index is -0.423. The maximum atomic E-state index is 13.6. The zero-order chi connectivity index (χ0) is 24.0. The van der Waals surface area contributed by atoms with Gasteiger partial charge in [0.15, 0.2) is 0 Å². The third-order valence-electron chi connectivity index (χ3n) is 5.83. The minimum Gasteiger partial charge on any atom is -0.508 e. The molecule has 0 radical (unpaired) electrons. The summed E-state index contributed by atoms with van der Waals surface area (Å²) >= 11 is 0. The third kappa shape index (κ3) is 3.54. The number of hydrogen-bond donors (Lipinski definition) is 1. The first kappa shape index (κ1) is 21.5. The van der Waals surface area contributed by atoms with Crippen molar-refractivity contribution in [1.29, 1.82) is 0 Å². The van der Waals surface area contributed by atoms with E-state index in [-0.39, 0.29) is 23.7 Å². The Morgan fingerprint density at radius 2 is 1.53 bits per heavy atom. The number of hydrogen-bond acceptors (Lipinski definition) is 6. The van der Waals surface area contributed by atoms with E-state index in [1.807, 2.05) is 19.0 Å². The van der Waals surface area contributed by atoms with E-state index in [2.05, 4.69) is 4.98 Å². The molecule has 0 atom stereocenters. The summed E-state index contributed by atoms with van der Waals surface area (Å²) in [6, 6.07) is 18.5. The van der Waals surface area contributed by atoms with Gasteiger partial charge in [0.2, 0.25) is 0 Å². The van der Waals surface area contributed by atoms with E-state index in [9.17, 15) is 19.5 Å². The normalized spacial score (nSPS) is 13.2. The second kappa shape index (κ2) is 8.24. The molecule has 0 saturated heterocycles. The summed E-state index contributed by atoms with van der Waals surface area (Å²) in [5.41, 5.74) is 1.94. The Balaban J connectivity index is 1.68. The Morgan fingerprint density at radius 1 is 0.882 bits per heavy atom. The highest BCUT2D eigenvalue weighted by molar-refractivity contribution is 6.21. The first-order valence-electron chi connectivity index (χ1n) is 10.8. The third-order valence-corrected chi connectivity index (χ3v) is 5.83. The van der Waals surface area contributed by atoms with Crippen molar-refractivity contribution in [3.8, 4) is 11.4 Å². The molecule has 1 aliphatic heterocycles. The number of phenolic OH excluding ortho intramolecular Hbond substituents is 1. The molecule has 0 aliphatic carbocycles. The number of benzene rings is 3. The molecule has 3 aromatic carbocycles. The maximum absolute atomic E-state index is 13.6. The topological polar surface area (TPSA) is 95.7 Å². The molecule has 170 valence electrons. The molecule has 1 aliphatic rings. The van der Waals surface area contributed by atoms with Crippen LogP contribution in [0.25, 0.3) is 16.6 Å². The first-order valence-corrected chi connectivity index (χ1v) is 10.8. The fourth-order valence-corrected chi connectivity index (χ4v) is 4.25. The van der Waals surface area contributed by atoms with E-state index in [4.69, 9.17) is 0 Å². The van der Waals surface area contributed by atoms with Gasteiger partial charge in [-0.1, -0.05) is 24.3 Å². The summed E-state index contributed by atoms with van der Waals surface area (Å²) in [6.07, 6.45) is 0. The Kier molecular flexibility index (Phi) is 5.22. The standard InChI is InChI=1S/C26H22N4O4/c1-28(2)14-16-13-17(11-12-22(16)31)30-23(27-21-10-6-5-9-20(21)26(30)34)15-29-24(32)18-7-3-4-8-19(18)25(29)33/h3-13,31H,14-15H2,1-2H3. The maximum Gasteiger partial charge on any atom is 0.266 e. The number of amides is 2. The monoisotopic (exact) mass is 454 g/mol. The van der Waals surface area contributed by atoms with E-state index in [0.29, 0.717) is 39.8 Å². The Hall–Kier alpha value is -4.30. The highest BCUT2D eigenvalue weighted by atomic mass is 16.3. The highest BCUT2D eigenvalue weighted by Crippen LogP contribution is 2.26. The zero-order valence-electron chi connectivity index (χ0n) is 18.7. The number of rotatable bonds is 5. The second-order valence-electron chi connectivity index (χ2n) is 8.48. The van der Waals surface area contributed by atoms with Crippen LogP contribution in [0.2, 0.25) is 0 Å². The molecule has 1 N–H and O–H groups in total. The fraction of sp³-hybridized carbons (Fsp3) is 0.154. The van der Waals surface area contributed by atoms with Crippen molar-refractivity contribution < 1.29 is 14.7 Å². The summed E-state index contributed by atoms with van der Waals surface area (Å²) in [4.78, 5) is 47.2. The van der Waals surface area contributed by atoms with Gasteiger partial charge in [0, 0.05) is 12.1 Å². The SMILES string of the molecule is CN(C)Cc1cc(-n2c(CN3C(=O)c4ccccc4C3=O)nc3ccccc3c2=O)ccc1O. The van der Waals surface area contributed by atoms with E-state index in [0.717, 1.165) is 4.90 Å². The molecule has 5 rings (SSSR count). The number of aromatic hydroxyl groups is 1. The van der Waals surface area contributed by atoms with Gasteiger partial charge in [0.1, 0.15) is 11.6 Å². The van der Waals surface area contributed by atoms with E-state index < -0.39 is 11.8 Å². The van der Waals surface area contributed by atoms with E-state index >= 15 is 0 Å². The van der Waals surface area contributed by atoms with E-state index in [1.54, 1.807) is 60.7 Å². The molecule has 8 nitrogen and oxygen atoms in total. The van der Waals surface area contributed by atoms with Gasteiger partial charge in [-0.2, -0.15) is 0 Å². The quantitative estimate of drug-likeness (QED) is 0.466. The number of fused-ring (bicyclic) bond motifs is 2. The zero-order valence-corrected chi connectivity index (χ0v) is 18.7. The molecule has 8 heteroatoms. The van der Waals surface area contributed by atoms with Gasteiger partial charge in [-0.15, -0.1) is 0 Å². The lowest BCUT2D eigenvalue weighted by molar-refractivity contribution is 0.0637. The Bertz CT molecular complexity index is 1490. The minimum absolute atomic E-state index is 0.112. The molecule has 0 fully saturated rings. The highest BCUT2D eigenvalue weighted by Gasteiger charge is 2.36. The Morgan fingerprint density at radius 3 is 2.21 bits per heavy atom. The lowest BCUT2D eigenvalue weighted by Gasteiger charge is -2.19. The lowest BCUT2D eigenvalue weighted by atomic mass is 10.1. The molecular weight excluding hydrogens is 432 g/mol. The Labute approximate surface area is 195 Å². The predicted octanol–water partition coefficient (Wildman–Crippen LogP) is 2.95. The molecule has 1 aromatic heterocycles. The molecule has 0 saturated carbocycles. The summed E-state index contributed by atoms with van der Waals surface area (Å²) in [5, 5.41) is 10.7. The number of phenols is 1. The number of aromatic nitrogens is 2. The van der Waals surface area contributed by atoms with Gasteiger partial charge >= 0.3 is 0 Å². The molecule has 0 spiro atoms. The summed E-state index contributed by atoms with van der Waals surface area (Å²) < 4.78 is 1.41. The van der Waals surface area contributed by atoms with Gasteiger partial charge < -0.3 is 10.0 Å². The number of imide groups is 1. The van der Waals surface area contributed by atoms with Crippen LogP contribution in [0.4, 0.5) is 0 Å². The van der Waals surface area contributed by atoms with Crippen molar-refractivity contribution >= 4 is 22.7 Å². The van der Waals surface area contributed by atoms with Crippen LogP contribution >= 0.6 is 0 Å². The molecule has 2 heterocycles. The van der Waals surface area contributed by atoms with Gasteiger partial charge in [-0.3, -0.25) is 23.9 Å². The summed E-state index contributed by atoms with van der Waals surface area (Å²) in [5.74, 6) is -0.483. The first-order chi connectivity index (χ1) is 16.3. The summed E-state index contributed by atoms with van der Waals surface area (Å²) in [7, 11) is 3.76. The summed E-state index contributed by atoms with van der Waals surface area (Å²) in [6.45, 7) is 0.291. The van der Waals surface area contributed by atoms with Crippen LogP contribution < -0.4 is 5.56 Å². The van der Waals surface area contributed by atoms with Gasteiger partial charge in [0.05, 0.1) is 34.3 Å². The van der Waals surface area contributed by atoms with Crippen LogP contribution in [0, 0.1) is 0 Å². The molecular formula is C26H22N4O4. The second-order valence-corrected chi connectivity index (χ2v) is 8.48. The van der Waals surface area contributed by atoms with Crippen LogP contribution in [0.15, 0.2) is 71.5 Å². The van der Waals surface area contributed by atoms with Crippen LogP contribution in [0.3, 0.4) is 0 Å². The van der Waals surface area contributed by atoms with Crippen molar-refractivity contribution in [3.05, 3.63) is 99.6 Å². The smallest absolute Gasteiger partial charge is 0.266 e. The lowest BCUT2D eigenvalue weighted by Crippen LogP contribution is -2.33. The largest absolute Gasteiger partial charge is 0.508 e. The van der Waals surface area contributed by atoms with Gasteiger partial charge in [-0.25, -0.2) is 4.98 Å². The van der Waals surface area contributed by atoms with Gasteiger partial charge in [0.25, 0.3) is 17.4 Å². The average molecular weight is 454 g/mol. The average Bonchev–Trinajstić information content (AvgIpc) is 3.06. The molecule has 4 aromatic rings. The molecule has 34 heavy (non-hydrogen) atoms. The fourth-order valence-electron chi connectivity index (χ4n) is 4.25. The molecule has 2 amide bonds. The van der Waals surface area contributed by atoms with Crippen LogP contribution in [0.1, 0.15) is 32.1 Å². The molecule has 0 bridgehead atoms. The van der Waals surface area contributed by atoms with Crippen molar-refractivity contribution in [2.75, 3.05) is 14.1 Å². The number of nitrogens with zero attached hydrogens (tertiary/aromatic N) is 4.